The Balaban J connectivity index is 0.000000823. The second kappa shape index (κ2) is 10.5. The molecule has 0 fully saturated rings. The molecule has 6 nitrogen and oxygen atoms in total. The fourth-order valence-electron chi connectivity index (χ4n) is 3.31. The van der Waals surface area contributed by atoms with Crippen LogP contribution >= 0.6 is 0 Å². The van der Waals surface area contributed by atoms with Crippen LogP contribution in [0.3, 0.4) is 0 Å². The van der Waals surface area contributed by atoms with E-state index in [-0.39, 0.29) is 5.41 Å². The number of rotatable bonds is 9. The van der Waals surface area contributed by atoms with Crippen molar-refractivity contribution in [1.29, 1.82) is 0 Å². The van der Waals surface area contributed by atoms with E-state index in [1.54, 1.807) is 0 Å². The van der Waals surface area contributed by atoms with Gasteiger partial charge in [-0.1, -0.05) is 32.1 Å². The van der Waals surface area contributed by atoms with Crippen molar-refractivity contribution < 1.29 is 17.2 Å². The Morgan fingerprint density at radius 1 is 1.28 bits per heavy atom. The van der Waals surface area contributed by atoms with Gasteiger partial charge in [0.1, 0.15) is 5.84 Å². The summed E-state index contributed by atoms with van der Waals surface area (Å²) >= 11 is 0. The van der Waals surface area contributed by atoms with Gasteiger partial charge in [-0.25, -0.2) is 0 Å². The van der Waals surface area contributed by atoms with Crippen LogP contribution in [0.5, 0.6) is 0 Å². The van der Waals surface area contributed by atoms with Crippen molar-refractivity contribution in [2.45, 2.75) is 26.7 Å². The van der Waals surface area contributed by atoms with Crippen molar-refractivity contribution in [2.75, 3.05) is 27.2 Å². The van der Waals surface area contributed by atoms with Crippen molar-refractivity contribution in [3.63, 3.8) is 0 Å². The quantitative estimate of drug-likeness (QED) is 0.496. The number of hydrogen-bond donors (Lipinski definition) is 1. The molecule has 0 aromatic heterocycles. The summed E-state index contributed by atoms with van der Waals surface area (Å²) in [5.41, 5.74) is -0.0897. The van der Waals surface area contributed by atoms with E-state index >= 15 is 0 Å². The SMILES string of the molecule is C=CCC(C)C(C=C)(C1=NCCN1C)C(C)CC=C.COS(=O)(=O)O. The van der Waals surface area contributed by atoms with Gasteiger partial charge in [-0.15, -0.1) is 19.7 Å². The number of likely N-dealkylation sites (N-methyl/N-ethyl adjacent to an activating group) is 1. The second-order valence-electron chi connectivity index (χ2n) is 6.21. The Bertz CT molecular complexity index is 568. The van der Waals surface area contributed by atoms with Gasteiger partial charge in [-0.3, -0.25) is 13.7 Å². The molecule has 1 N–H and O–H groups in total. The fraction of sp³-hybridized carbons (Fsp3) is 0.611. The Kier molecular flexibility index (Phi) is 9.92. The highest BCUT2D eigenvalue weighted by Crippen LogP contribution is 2.44. The van der Waals surface area contributed by atoms with Crippen LogP contribution in [0.25, 0.3) is 0 Å². The Morgan fingerprint density at radius 2 is 1.72 bits per heavy atom. The molecular formula is C18H32N2O4S. The molecule has 0 aromatic carbocycles. The lowest BCUT2D eigenvalue weighted by Crippen LogP contribution is -2.47. The summed E-state index contributed by atoms with van der Waals surface area (Å²) in [4.78, 5) is 7.05. The third-order valence-corrected chi connectivity index (χ3v) is 5.09. The van der Waals surface area contributed by atoms with Gasteiger partial charge in [0.25, 0.3) is 0 Å². The lowest BCUT2D eigenvalue weighted by molar-refractivity contribution is 0.226. The second-order valence-corrected chi connectivity index (χ2v) is 7.40. The molecule has 0 saturated carbocycles. The molecule has 1 heterocycles. The molecule has 25 heavy (non-hydrogen) atoms. The Hall–Kier alpha value is -1.44. The first-order valence-corrected chi connectivity index (χ1v) is 9.61. The number of allylic oxidation sites excluding steroid dienone is 2. The van der Waals surface area contributed by atoms with E-state index in [0.29, 0.717) is 11.8 Å². The molecule has 2 unspecified atom stereocenters. The molecule has 2 atom stereocenters. The highest BCUT2D eigenvalue weighted by molar-refractivity contribution is 7.80. The predicted octanol–water partition coefficient (Wildman–Crippen LogP) is 3.36. The molecule has 7 heteroatoms. The number of hydrogen-bond acceptors (Lipinski definition) is 5. The van der Waals surface area contributed by atoms with Crippen molar-refractivity contribution in [3.8, 4) is 0 Å². The van der Waals surface area contributed by atoms with Crippen molar-refractivity contribution >= 4 is 16.2 Å². The molecule has 1 aliphatic rings. The average molecular weight is 373 g/mol. The number of amidine groups is 1. The number of aliphatic imine (C=N–C) groups is 1. The van der Waals surface area contributed by atoms with Crippen LogP contribution in [0.4, 0.5) is 0 Å². The smallest absolute Gasteiger partial charge is 0.361 e. The maximum absolute atomic E-state index is 9.33. The van der Waals surface area contributed by atoms with E-state index in [0.717, 1.165) is 33.0 Å². The van der Waals surface area contributed by atoms with E-state index in [1.807, 2.05) is 12.2 Å². The molecule has 0 radical (unpaired) electrons. The van der Waals surface area contributed by atoms with Crippen molar-refractivity contribution in [3.05, 3.63) is 38.0 Å². The average Bonchev–Trinajstić information content (AvgIpc) is 2.96. The summed E-state index contributed by atoms with van der Waals surface area (Å²) < 4.78 is 29.7. The highest BCUT2D eigenvalue weighted by atomic mass is 32.3. The molecule has 0 spiro atoms. The minimum absolute atomic E-state index is 0.0897. The summed E-state index contributed by atoms with van der Waals surface area (Å²) in [6, 6.07) is 0. The van der Waals surface area contributed by atoms with Crippen LogP contribution in [0, 0.1) is 17.3 Å². The highest BCUT2D eigenvalue weighted by Gasteiger charge is 2.44. The van der Waals surface area contributed by atoms with E-state index in [1.165, 1.54) is 5.84 Å². The fourth-order valence-corrected chi connectivity index (χ4v) is 3.31. The molecule has 0 saturated heterocycles. The van der Waals surface area contributed by atoms with E-state index in [4.69, 9.17) is 9.55 Å². The van der Waals surface area contributed by atoms with Crippen molar-refractivity contribution in [1.82, 2.24) is 4.90 Å². The summed E-state index contributed by atoms with van der Waals surface area (Å²) in [5, 5.41) is 0. The van der Waals surface area contributed by atoms with Crippen LogP contribution in [-0.4, -0.2) is 51.0 Å². The Labute approximate surface area is 152 Å². The first kappa shape index (κ1) is 23.6. The normalized spacial score (nSPS) is 18.9. The Morgan fingerprint density at radius 3 is 1.96 bits per heavy atom. The van der Waals surface area contributed by atoms with Gasteiger partial charge in [0.2, 0.25) is 0 Å². The zero-order valence-corrected chi connectivity index (χ0v) is 16.6. The third-order valence-electron chi connectivity index (χ3n) is 4.67. The molecule has 0 aromatic rings. The topological polar surface area (TPSA) is 79.2 Å². The summed E-state index contributed by atoms with van der Waals surface area (Å²) in [6.45, 7) is 18.4. The number of nitrogens with zero attached hydrogens (tertiary/aromatic N) is 2. The largest absolute Gasteiger partial charge is 0.397 e. The van der Waals surface area contributed by atoms with Gasteiger partial charge >= 0.3 is 10.4 Å². The maximum atomic E-state index is 9.33. The summed E-state index contributed by atoms with van der Waals surface area (Å²) in [5.74, 6) is 2.07. The molecule has 1 rings (SSSR count). The van der Waals surface area contributed by atoms with Crippen LogP contribution in [0.2, 0.25) is 0 Å². The first-order valence-electron chi connectivity index (χ1n) is 8.25. The van der Waals surface area contributed by atoms with Gasteiger partial charge < -0.3 is 4.90 Å². The van der Waals surface area contributed by atoms with Crippen LogP contribution in [0.1, 0.15) is 26.7 Å². The van der Waals surface area contributed by atoms with Crippen molar-refractivity contribution in [2.24, 2.45) is 22.2 Å². The predicted molar refractivity (Wildman–Crippen MR) is 104 cm³/mol. The van der Waals surface area contributed by atoms with Crippen LogP contribution < -0.4 is 0 Å². The summed E-state index contributed by atoms with van der Waals surface area (Å²) in [6.07, 6.45) is 8.05. The van der Waals surface area contributed by atoms with E-state index in [9.17, 15) is 8.42 Å². The lowest BCUT2D eigenvalue weighted by atomic mass is 9.64. The van der Waals surface area contributed by atoms with Crippen LogP contribution in [-0.2, 0) is 14.6 Å². The minimum Gasteiger partial charge on any atom is -0.361 e. The van der Waals surface area contributed by atoms with Gasteiger partial charge in [0.05, 0.1) is 19.1 Å². The van der Waals surface area contributed by atoms with Gasteiger partial charge in [-0.05, 0) is 24.7 Å². The lowest BCUT2D eigenvalue weighted by Gasteiger charge is -2.43. The molecular weight excluding hydrogens is 340 g/mol. The molecule has 0 amide bonds. The molecule has 1 aliphatic heterocycles. The molecule has 144 valence electrons. The van der Waals surface area contributed by atoms with Gasteiger partial charge in [0, 0.05) is 13.6 Å². The zero-order valence-electron chi connectivity index (χ0n) is 15.8. The first-order chi connectivity index (χ1) is 11.6. The molecule has 0 aliphatic carbocycles. The van der Waals surface area contributed by atoms with Gasteiger partial charge in [0.15, 0.2) is 0 Å². The third kappa shape index (κ3) is 6.41. The monoisotopic (exact) mass is 372 g/mol. The maximum Gasteiger partial charge on any atom is 0.397 e. The standard InChI is InChI=1S/C17H28N2.CH4O4S/c1-7-10-14(4)17(9-3,15(5)11-8-2)16-18-12-13-19(16)6;1-5-6(2,3)4/h7-9,14-15H,1-3,10-13H2,4-6H3;1H3,(H,2,3,4). The summed E-state index contributed by atoms with van der Waals surface area (Å²) in [7, 11) is -1.16. The van der Waals surface area contributed by atoms with E-state index < -0.39 is 10.4 Å². The van der Waals surface area contributed by atoms with Gasteiger partial charge in [-0.2, -0.15) is 8.42 Å². The zero-order chi connectivity index (χ0) is 19.7. The molecule has 0 bridgehead atoms. The van der Waals surface area contributed by atoms with Crippen LogP contribution in [0.15, 0.2) is 43.0 Å². The van der Waals surface area contributed by atoms with E-state index in [2.05, 4.69) is 55.8 Å². The minimum atomic E-state index is -4.16.